The summed E-state index contributed by atoms with van der Waals surface area (Å²) in [6, 6.07) is 8.30. The maximum Gasteiger partial charge on any atom is 0.259 e. The van der Waals surface area contributed by atoms with Crippen LogP contribution in [0.2, 0.25) is 0 Å². The van der Waals surface area contributed by atoms with Crippen LogP contribution in [0.15, 0.2) is 55.0 Å². The Hall–Kier alpha value is -3.13. The minimum atomic E-state index is -1.65. The maximum absolute atomic E-state index is 13.7. The summed E-state index contributed by atoms with van der Waals surface area (Å²) < 4.78 is 40.0. The van der Waals surface area contributed by atoms with E-state index in [1.807, 2.05) is 0 Å². The van der Waals surface area contributed by atoms with Gasteiger partial charge in [-0.25, -0.2) is 18.2 Å². The van der Waals surface area contributed by atoms with Crippen LogP contribution in [0.25, 0.3) is 0 Å². The minimum absolute atomic E-state index is 0. The first-order valence-electron chi connectivity index (χ1n) is 7.59. The number of amides is 1. The molecular weight excluding hydrogens is 381 g/mol. The fraction of sp³-hybridized carbons (Fsp3) is 0.0556. The standard InChI is InChI=1S/C18H13F3N4O.ClH/c19-13-3-4-14(16(21)15(13)20)25-18(26)12-2-1-7-23-17(12)24-10-11-5-8-22-9-6-11;/h1-9H,10H2,(H,23,24)(H,25,26);1H. The summed E-state index contributed by atoms with van der Waals surface area (Å²) in [5.74, 6) is -4.88. The number of rotatable bonds is 5. The molecule has 3 rings (SSSR count). The van der Waals surface area contributed by atoms with Gasteiger partial charge in [0, 0.05) is 25.1 Å². The van der Waals surface area contributed by atoms with Gasteiger partial charge in [0.2, 0.25) is 0 Å². The van der Waals surface area contributed by atoms with Crippen LogP contribution in [0.3, 0.4) is 0 Å². The van der Waals surface area contributed by atoms with Gasteiger partial charge < -0.3 is 10.6 Å². The van der Waals surface area contributed by atoms with Gasteiger partial charge in [-0.1, -0.05) is 0 Å². The number of nitrogens with one attached hydrogen (secondary N) is 2. The minimum Gasteiger partial charge on any atom is -0.365 e. The monoisotopic (exact) mass is 394 g/mol. The average Bonchev–Trinajstić information content (AvgIpc) is 2.68. The molecule has 0 atom stereocenters. The smallest absolute Gasteiger partial charge is 0.259 e. The number of pyridine rings is 2. The van der Waals surface area contributed by atoms with Gasteiger partial charge >= 0.3 is 0 Å². The van der Waals surface area contributed by atoms with Gasteiger partial charge in [-0.2, -0.15) is 0 Å². The second kappa shape index (κ2) is 9.00. The Bertz CT molecular complexity index is 941. The molecule has 0 saturated heterocycles. The molecule has 0 fully saturated rings. The summed E-state index contributed by atoms with van der Waals surface area (Å²) in [6.45, 7) is 0.388. The molecule has 0 aliphatic carbocycles. The highest BCUT2D eigenvalue weighted by molar-refractivity contribution is 6.07. The largest absolute Gasteiger partial charge is 0.365 e. The lowest BCUT2D eigenvalue weighted by Crippen LogP contribution is -2.17. The Morgan fingerprint density at radius 1 is 0.963 bits per heavy atom. The Morgan fingerprint density at radius 3 is 2.44 bits per heavy atom. The van der Waals surface area contributed by atoms with Crippen LogP contribution < -0.4 is 10.6 Å². The Kier molecular flexibility index (Phi) is 6.73. The van der Waals surface area contributed by atoms with Crippen molar-refractivity contribution < 1.29 is 18.0 Å². The molecule has 9 heteroatoms. The van der Waals surface area contributed by atoms with Gasteiger partial charge in [-0.05, 0) is 42.0 Å². The number of aromatic nitrogens is 2. The molecule has 5 nitrogen and oxygen atoms in total. The van der Waals surface area contributed by atoms with Gasteiger partial charge in [0.15, 0.2) is 17.5 Å². The van der Waals surface area contributed by atoms with Crippen LogP contribution in [0.1, 0.15) is 15.9 Å². The normalized spacial score (nSPS) is 10.0. The molecule has 2 N–H and O–H groups in total. The number of benzene rings is 1. The van der Waals surface area contributed by atoms with Crippen molar-refractivity contribution in [1.29, 1.82) is 0 Å². The maximum atomic E-state index is 13.7. The fourth-order valence-corrected chi connectivity index (χ4v) is 2.23. The van der Waals surface area contributed by atoms with Crippen LogP contribution >= 0.6 is 12.4 Å². The van der Waals surface area contributed by atoms with Crippen molar-refractivity contribution in [1.82, 2.24) is 9.97 Å². The molecule has 2 heterocycles. The second-order valence-corrected chi connectivity index (χ2v) is 5.29. The summed E-state index contributed by atoms with van der Waals surface area (Å²) in [7, 11) is 0. The average molecular weight is 395 g/mol. The van der Waals surface area contributed by atoms with Crippen LogP contribution in [-0.4, -0.2) is 15.9 Å². The lowest BCUT2D eigenvalue weighted by Gasteiger charge is -2.12. The number of hydrogen-bond donors (Lipinski definition) is 2. The Labute approximate surface area is 159 Å². The van der Waals surface area contributed by atoms with Crippen molar-refractivity contribution in [2.45, 2.75) is 6.54 Å². The Morgan fingerprint density at radius 2 is 1.70 bits per heavy atom. The predicted molar refractivity (Wildman–Crippen MR) is 97.3 cm³/mol. The van der Waals surface area contributed by atoms with Gasteiger partial charge in [-0.3, -0.25) is 9.78 Å². The summed E-state index contributed by atoms with van der Waals surface area (Å²) >= 11 is 0. The van der Waals surface area contributed by atoms with Crippen LogP contribution in [0.4, 0.5) is 24.7 Å². The molecule has 27 heavy (non-hydrogen) atoms. The molecule has 0 unspecified atom stereocenters. The van der Waals surface area contributed by atoms with Crippen LogP contribution in [0, 0.1) is 17.5 Å². The third kappa shape index (κ3) is 4.73. The zero-order valence-electron chi connectivity index (χ0n) is 13.7. The van der Waals surface area contributed by atoms with E-state index in [2.05, 4.69) is 20.6 Å². The molecule has 0 saturated carbocycles. The predicted octanol–water partition coefficient (Wildman–Crippen LogP) is 4.18. The molecule has 0 aliphatic heterocycles. The zero-order chi connectivity index (χ0) is 18.5. The van der Waals surface area contributed by atoms with Crippen molar-refractivity contribution in [3.63, 3.8) is 0 Å². The van der Waals surface area contributed by atoms with E-state index in [1.165, 1.54) is 18.3 Å². The van der Waals surface area contributed by atoms with E-state index in [-0.39, 0.29) is 23.8 Å². The number of halogens is 4. The van der Waals surface area contributed by atoms with E-state index in [1.54, 1.807) is 24.5 Å². The molecule has 1 aromatic carbocycles. The topological polar surface area (TPSA) is 66.9 Å². The van der Waals surface area contributed by atoms with E-state index >= 15 is 0 Å². The number of carbonyl (C=O) groups is 1. The van der Waals surface area contributed by atoms with Gasteiger partial charge in [-0.15, -0.1) is 12.4 Å². The van der Waals surface area contributed by atoms with Gasteiger partial charge in [0.1, 0.15) is 5.82 Å². The summed E-state index contributed by atoms with van der Waals surface area (Å²) in [4.78, 5) is 20.4. The molecule has 0 radical (unpaired) electrons. The van der Waals surface area contributed by atoms with Crippen LogP contribution in [0.5, 0.6) is 0 Å². The molecule has 1 amide bonds. The first-order valence-corrected chi connectivity index (χ1v) is 7.59. The van der Waals surface area contributed by atoms with Crippen LogP contribution in [-0.2, 0) is 6.54 Å². The lowest BCUT2D eigenvalue weighted by molar-refractivity contribution is 0.102. The van der Waals surface area contributed by atoms with E-state index < -0.39 is 29.0 Å². The van der Waals surface area contributed by atoms with Crippen molar-refractivity contribution >= 4 is 29.8 Å². The number of anilines is 2. The fourth-order valence-electron chi connectivity index (χ4n) is 2.23. The highest BCUT2D eigenvalue weighted by Gasteiger charge is 2.18. The molecule has 0 spiro atoms. The second-order valence-electron chi connectivity index (χ2n) is 5.29. The van der Waals surface area contributed by atoms with Gasteiger partial charge in [0.25, 0.3) is 5.91 Å². The molecule has 0 bridgehead atoms. The third-order valence-corrected chi connectivity index (χ3v) is 3.55. The zero-order valence-corrected chi connectivity index (χ0v) is 14.6. The summed E-state index contributed by atoms with van der Waals surface area (Å²) in [6.07, 6.45) is 4.76. The first-order chi connectivity index (χ1) is 12.6. The van der Waals surface area contributed by atoms with Crippen molar-refractivity contribution in [3.8, 4) is 0 Å². The quantitative estimate of drug-likeness (QED) is 0.637. The highest BCUT2D eigenvalue weighted by Crippen LogP contribution is 2.21. The van der Waals surface area contributed by atoms with Crippen molar-refractivity contribution in [2.24, 2.45) is 0 Å². The van der Waals surface area contributed by atoms with E-state index in [4.69, 9.17) is 0 Å². The first kappa shape index (κ1) is 20.2. The number of nitrogens with zero attached hydrogens (tertiary/aromatic N) is 2. The molecule has 2 aromatic heterocycles. The highest BCUT2D eigenvalue weighted by atomic mass is 35.5. The van der Waals surface area contributed by atoms with E-state index in [0.29, 0.717) is 6.54 Å². The number of hydrogen-bond acceptors (Lipinski definition) is 4. The lowest BCUT2D eigenvalue weighted by atomic mass is 10.2. The van der Waals surface area contributed by atoms with Gasteiger partial charge in [0.05, 0.1) is 11.3 Å². The Balaban J connectivity index is 0.00000261. The van der Waals surface area contributed by atoms with Crippen molar-refractivity contribution in [2.75, 3.05) is 10.6 Å². The number of carbonyl (C=O) groups excluding carboxylic acids is 1. The molecule has 140 valence electrons. The summed E-state index contributed by atoms with van der Waals surface area (Å²) in [5, 5.41) is 5.23. The van der Waals surface area contributed by atoms with E-state index in [0.717, 1.165) is 17.7 Å². The SMILES string of the molecule is Cl.O=C(Nc1ccc(F)c(F)c1F)c1cccnc1NCc1ccncc1. The van der Waals surface area contributed by atoms with E-state index in [9.17, 15) is 18.0 Å². The van der Waals surface area contributed by atoms with Crippen molar-refractivity contribution in [3.05, 3.63) is 83.6 Å². The molecule has 0 aliphatic rings. The molecule has 3 aromatic rings. The molecular formula is C18H14ClF3N4O. The third-order valence-electron chi connectivity index (χ3n) is 3.55. The summed E-state index contributed by atoms with van der Waals surface area (Å²) in [5.41, 5.74) is 0.590.